The number of hydrogen-bond donors (Lipinski definition) is 0. The summed E-state index contributed by atoms with van der Waals surface area (Å²) in [5, 5.41) is 0. The minimum atomic E-state index is -3.24. The van der Waals surface area contributed by atoms with Gasteiger partial charge in [-0.3, -0.25) is 0 Å². The molecule has 1 aliphatic rings. The van der Waals surface area contributed by atoms with Crippen LogP contribution < -0.4 is 4.74 Å². The summed E-state index contributed by atoms with van der Waals surface area (Å²) in [4.78, 5) is 8.28. The van der Waals surface area contributed by atoms with Crippen molar-refractivity contribution in [3.8, 4) is 6.01 Å². The third-order valence-electron chi connectivity index (χ3n) is 4.32. The van der Waals surface area contributed by atoms with Crippen molar-refractivity contribution < 1.29 is 13.2 Å². The van der Waals surface area contributed by atoms with Gasteiger partial charge in [0.2, 0.25) is 10.0 Å². The van der Waals surface area contributed by atoms with E-state index in [1.165, 1.54) is 0 Å². The summed E-state index contributed by atoms with van der Waals surface area (Å²) in [7, 11) is -3.24. The molecule has 1 fully saturated rings. The van der Waals surface area contributed by atoms with E-state index >= 15 is 0 Å². The summed E-state index contributed by atoms with van der Waals surface area (Å²) in [5.74, 6) is 0.142. The third kappa shape index (κ3) is 4.99. The Kier molecular flexibility index (Phi) is 5.65. The second-order valence-corrected chi connectivity index (χ2v) is 8.40. The first-order valence-electron chi connectivity index (χ1n) is 8.50. The first kappa shape index (κ1) is 17.8. The van der Waals surface area contributed by atoms with Gasteiger partial charge in [-0.15, -0.1) is 0 Å². The van der Waals surface area contributed by atoms with Crippen LogP contribution in [0.5, 0.6) is 6.01 Å². The Labute approximate surface area is 148 Å². The molecule has 25 heavy (non-hydrogen) atoms. The largest absolute Gasteiger partial charge is 0.460 e. The SMILES string of the molecule is Cc1cnc(OC2CCN(S(=O)(=O)CCc3ccccc3)CC2)nc1. The van der Waals surface area contributed by atoms with Gasteiger partial charge in [-0.05, 0) is 37.3 Å². The molecule has 0 N–H and O–H groups in total. The summed E-state index contributed by atoms with van der Waals surface area (Å²) >= 11 is 0. The maximum Gasteiger partial charge on any atom is 0.316 e. The molecule has 0 atom stereocenters. The van der Waals surface area contributed by atoms with Crippen LogP contribution in [0.1, 0.15) is 24.0 Å². The second kappa shape index (κ2) is 7.93. The zero-order chi connectivity index (χ0) is 17.7. The molecule has 6 nitrogen and oxygen atoms in total. The average molecular weight is 361 g/mol. The molecule has 7 heteroatoms. The molecule has 1 aliphatic heterocycles. The monoisotopic (exact) mass is 361 g/mol. The van der Waals surface area contributed by atoms with Crippen molar-refractivity contribution in [3.63, 3.8) is 0 Å². The Bertz CT molecular complexity index is 771. The molecule has 0 aliphatic carbocycles. The number of piperidine rings is 1. The van der Waals surface area contributed by atoms with Crippen LogP contribution in [-0.2, 0) is 16.4 Å². The highest BCUT2D eigenvalue weighted by Gasteiger charge is 2.28. The van der Waals surface area contributed by atoms with Crippen molar-refractivity contribution in [2.45, 2.75) is 32.3 Å². The number of aromatic nitrogens is 2. The van der Waals surface area contributed by atoms with Gasteiger partial charge >= 0.3 is 6.01 Å². The zero-order valence-corrected chi connectivity index (χ0v) is 15.2. The lowest BCUT2D eigenvalue weighted by Crippen LogP contribution is -2.43. The predicted molar refractivity (Wildman–Crippen MR) is 95.9 cm³/mol. The van der Waals surface area contributed by atoms with E-state index in [4.69, 9.17) is 4.74 Å². The molecule has 0 saturated carbocycles. The van der Waals surface area contributed by atoms with Crippen LogP contribution in [0, 0.1) is 6.92 Å². The van der Waals surface area contributed by atoms with E-state index in [9.17, 15) is 8.42 Å². The molecular formula is C18H23N3O3S. The Morgan fingerprint density at radius 3 is 2.40 bits per heavy atom. The van der Waals surface area contributed by atoms with Crippen LogP contribution in [0.4, 0.5) is 0 Å². The lowest BCUT2D eigenvalue weighted by molar-refractivity contribution is 0.124. The van der Waals surface area contributed by atoms with Crippen LogP contribution in [0.25, 0.3) is 0 Å². The Morgan fingerprint density at radius 2 is 1.76 bits per heavy atom. The Hall–Kier alpha value is -1.99. The summed E-state index contributed by atoms with van der Waals surface area (Å²) in [6, 6.07) is 10.1. The van der Waals surface area contributed by atoms with Gasteiger partial charge in [0.15, 0.2) is 0 Å². The molecule has 1 saturated heterocycles. The maximum absolute atomic E-state index is 12.5. The molecule has 2 heterocycles. The number of benzene rings is 1. The minimum Gasteiger partial charge on any atom is -0.460 e. The van der Waals surface area contributed by atoms with Gasteiger partial charge in [0.25, 0.3) is 0 Å². The first-order valence-corrected chi connectivity index (χ1v) is 10.1. The van der Waals surface area contributed by atoms with Gasteiger partial charge in [-0.25, -0.2) is 22.7 Å². The number of hydrogen-bond acceptors (Lipinski definition) is 5. The van der Waals surface area contributed by atoms with E-state index in [0.29, 0.717) is 38.4 Å². The standard InChI is InChI=1S/C18H23N3O3S/c1-15-13-19-18(20-14-15)24-17-7-10-21(11-8-17)25(22,23)12-9-16-5-3-2-4-6-16/h2-6,13-14,17H,7-12H2,1H3. The number of ether oxygens (including phenoxy) is 1. The maximum atomic E-state index is 12.5. The highest BCUT2D eigenvalue weighted by atomic mass is 32.2. The molecule has 0 radical (unpaired) electrons. The van der Waals surface area contributed by atoms with E-state index in [1.54, 1.807) is 16.7 Å². The molecular weight excluding hydrogens is 338 g/mol. The highest BCUT2D eigenvalue weighted by molar-refractivity contribution is 7.89. The van der Waals surface area contributed by atoms with E-state index in [0.717, 1.165) is 11.1 Å². The lowest BCUT2D eigenvalue weighted by Gasteiger charge is -2.30. The summed E-state index contributed by atoms with van der Waals surface area (Å²) < 4.78 is 32.4. The third-order valence-corrected chi connectivity index (χ3v) is 6.19. The second-order valence-electron chi connectivity index (χ2n) is 6.31. The first-order chi connectivity index (χ1) is 12.0. The van der Waals surface area contributed by atoms with E-state index in [2.05, 4.69) is 9.97 Å². The van der Waals surface area contributed by atoms with Crippen molar-refractivity contribution in [2.24, 2.45) is 0 Å². The number of rotatable bonds is 6. The van der Waals surface area contributed by atoms with E-state index in [-0.39, 0.29) is 11.9 Å². The van der Waals surface area contributed by atoms with Crippen LogP contribution in [0.15, 0.2) is 42.7 Å². The van der Waals surface area contributed by atoms with Gasteiger partial charge in [0.05, 0.1) is 5.75 Å². The fourth-order valence-electron chi connectivity index (χ4n) is 2.84. The summed E-state index contributed by atoms with van der Waals surface area (Å²) in [6.45, 7) is 2.88. The van der Waals surface area contributed by atoms with E-state index in [1.807, 2.05) is 37.3 Å². The van der Waals surface area contributed by atoms with Crippen LogP contribution in [0.2, 0.25) is 0 Å². The van der Waals surface area contributed by atoms with Crippen LogP contribution >= 0.6 is 0 Å². The van der Waals surface area contributed by atoms with Crippen molar-refractivity contribution in [3.05, 3.63) is 53.9 Å². The molecule has 1 aromatic heterocycles. The van der Waals surface area contributed by atoms with E-state index < -0.39 is 10.0 Å². The molecule has 2 aromatic rings. The van der Waals surface area contributed by atoms with Gasteiger partial charge in [0, 0.05) is 25.5 Å². The molecule has 1 aromatic carbocycles. The number of aryl methyl sites for hydroxylation is 2. The molecule has 0 amide bonds. The Balaban J connectivity index is 1.49. The Morgan fingerprint density at radius 1 is 1.12 bits per heavy atom. The summed E-state index contributed by atoms with van der Waals surface area (Å²) in [6.07, 6.45) is 5.24. The molecule has 3 rings (SSSR count). The number of nitrogens with zero attached hydrogens (tertiary/aromatic N) is 3. The lowest BCUT2D eigenvalue weighted by atomic mass is 10.1. The fourth-order valence-corrected chi connectivity index (χ4v) is 4.36. The van der Waals surface area contributed by atoms with Crippen molar-refractivity contribution in [1.82, 2.24) is 14.3 Å². The fraction of sp³-hybridized carbons (Fsp3) is 0.444. The molecule has 0 unspecified atom stereocenters. The van der Waals surface area contributed by atoms with Gasteiger partial charge in [-0.2, -0.15) is 0 Å². The zero-order valence-electron chi connectivity index (χ0n) is 14.3. The highest BCUT2D eigenvalue weighted by Crippen LogP contribution is 2.19. The van der Waals surface area contributed by atoms with Crippen molar-refractivity contribution >= 4 is 10.0 Å². The smallest absolute Gasteiger partial charge is 0.316 e. The van der Waals surface area contributed by atoms with Gasteiger partial charge in [0.1, 0.15) is 6.10 Å². The normalized spacial score (nSPS) is 16.7. The predicted octanol–water partition coefficient (Wildman–Crippen LogP) is 2.20. The topological polar surface area (TPSA) is 72.4 Å². The van der Waals surface area contributed by atoms with Crippen LogP contribution in [-0.4, -0.2) is 47.6 Å². The summed E-state index contributed by atoms with van der Waals surface area (Å²) in [5.41, 5.74) is 2.02. The van der Waals surface area contributed by atoms with Crippen molar-refractivity contribution in [1.29, 1.82) is 0 Å². The number of sulfonamides is 1. The molecule has 0 spiro atoms. The quantitative estimate of drug-likeness (QED) is 0.789. The molecule has 134 valence electrons. The average Bonchev–Trinajstić information content (AvgIpc) is 2.63. The molecule has 0 bridgehead atoms. The van der Waals surface area contributed by atoms with Crippen LogP contribution in [0.3, 0.4) is 0 Å². The minimum absolute atomic E-state index is 0.0386. The van der Waals surface area contributed by atoms with Crippen molar-refractivity contribution in [2.75, 3.05) is 18.8 Å². The van der Waals surface area contributed by atoms with Gasteiger partial charge in [-0.1, -0.05) is 30.3 Å². The van der Waals surface area contributed by atoms with Gasteiger partial charge < -0.3 is 4.74 Å².